The van der Waals surface area contributed by atoms with Crippen molar-refractivity contribution in [2.24, 2.45) is 0 Å². The summed E-state index contributed by atoms with van der Waals surface area (Å²) in [5.74, 6) is -1.41. The highest BCUT2D eigenvalue weighted by atomic mass is 32.1. The topological polar surface area (TPSA) is 134 Å². The predicted octanol–water partition coefficient (Wildman–Crippen LogP) is 9.07. The van der Waals surface area contributed by atoms with E-state index in [1.54, 1.807) is 37.1 Å². The van der Waals surface area contributed by atoms with E-state index in [2.05, 4.69) is 34.6 Å². The van der Waals surface area contributed by atoms with Crippen LogP contribution in [0.25, 0.3) is 0 Å². The third-order valence-corrected chi connectivity index (χ3v) is 12.5. The molecule has 0 aliphatic heterocycles. The maximum absolute atomic E-state index is 14.0. The van der Waals surface area contributed by atoms with Crippen LogP contribution in [0.2, 0.25) is 0 Å². The van der Waals surface area contributed by atoms with E-state index in [9.17, 15) is 24.0 Å². The summed E-state index contributed by atoms with van der Waals surface area (Å²) in [4.78, 5) is 69.6. The van der Waals surface area contributed by atoms with Gasteiger partial charge in [0.15, 0.2) is 0 Å². The first-order valence-corrected chi connectivity index (χ1v) is 22.2. The van der Waals surface area contributed by atoms with Crippen molar-refractivity contribution in [2.45, 2.75) is 77.8 Å². The molecule has 0 fully saturated rings. The Morgan fingerprint density at radius 1 is 0.742 bits per heavy atom. The number of amides is 3. The van der Waals surface area contributed by atoms with E-state index in [4.69, 9.17) is 9.47 Å². The molecule has 4 aromatic carbocycles. The molecule has 12 heteroatoms. The van der Waals surface area contributed by atoms with Crippen LogP contribution in [0, 0.1) is 0 Å². The monoisotopic (exact) mass is 856 g/mol. The number of fused-ring (bicyclic) bond motifs is 1. The van der Waals surface area contributed by atoms with Crippen molar-refractivity contribution in [1.29, 1.82) is 0 Å². The highest BCUT2D eigenvalue weighted by Gasteiger charge is 2.27. The van der Waals surface area contributed by atoms with Crippen molar-refractivity contribution >= 4 is 51.7 Å². The van der Waals surface area contributed by atoms with E-state index < -0.39 is 0 Å². The molecule has 1 heterocycles. The minimum atomic E-state index is -0.381. The number of benzene rings is 4. The minimum absolute atomic E-state index is 0.00458. The highest BCUT2D eigenvalue weighted by molar-refractivity contribution is 7.17. The van der Waals surface area contributed by atoms with E-state index >= 15 is 0 Å². The van der Waals surface area contributed by atoms with Gasteiger partial charge in [-0.15, -0.1) is 11.3 Å². The van der Waals surface area contributed by atoms with Crippen LogP contribution in [0.5, 0.6) is 0 Å². The molecule has 62 heavy (non-hydrogen) atoms. The quantitative estimate of drug-likeness (QED) is 0.0787. The molecule has 1 aliphatic carbocycles. The van der Waals surface area contributed by atoms with Crippen LogP contribution in [0.4, 0.5) is 10.7 Å². The number of carbonyl (C=O) groups excluding carboxylic acids is 5. The fraction of sp³-hybridized carbons (Fsp3) is 0.340. The van der Waals surface area contributed by atoms with Crippen LogP contribution in [-0.2, 0) is 51.3 Å². The lowest BCUT2D eigenvalue weighted by Crippen LogP contribution is -2.37. The largest absolute Gasteiger partial charge is 0.466 e. The lowest BCUT2D eigenvalue weighted by atomic mass is 9.95. The van der Waals surface area contributed by atoms with Gasteiger partial charge in [-0.3, -0.25) is 24.1 Å². The molecule has 0 spiro atoms. The van der Waals surface area contributed by atoms with Gasteiger partial charge in [-0.05, 0) is 117 Å². The molecule has 2 N–H and O–H groups in total. The van der Waals surface area contributed by atoms with Gasteiger partial charge in [0.25, 0.3) is 11.8 Å². The molecule has 1 atom stereocenters. The van der Waals surface area contributed by atoms with Crippen molar-refractivity contribution in [3.8, 4) is 0 Å². The fourth-order valence-electron chi connectivity index (χ4n) is 7.67. The number of aryl methyl sites for hydroxylation is 3. The van der Waals surface area contributed by atoms with E-state index in [1.807, 2.05) is 72.8 Å². The molecule has 324 valence electrons. The zero-order valence-electron chi connectivity index (χ0n) is 36.0. The summed E-state index contributed by atoms with van der Waals surface area (Å²) in [6.45, 7) is 5.69. The van der Waals surface area contributed by atoms with Crippen molar-refractivity contribution < 1.29 is 33.4 Å². The molecule has 0 unspecified atom stereocenters. The van der Waals surface area contributed by atoms with Crippen LogP contribution >= 0.6 is 11.3 Å². The number of nitrogens with one attached hydrogen (secondary N) is 2. The Labute approximate surface area is 368 Å². The Morgan fingerprint density at radius 3 is 2.13 bits per heavy atom. The first kappa shape index (κ1) is 45.4. The average Bonchev–Trinajstić information content (AvgIpc) is 3.67. The van der Waals surface area contributed by atoms with Crippen molar-refractivity contribution in [3.63, 3.8) is 0 Å². The van der Waals surface area contributed by atoms with Crippen LogP contribution in [0.1, 0.15) is 109 Å². The van der Waals surface area contributed by atoms with Crippen LogP contribution < -0.4 is 10.6 Å². The lowest BCUT2D eigenvalue weighted by Gasteiger charge is -2.31. The molecular weight excluding hydrogens is 801 g/mol. The van der Waals surface area contributed by atoms with Crippen molar-refractivity contribution in [1.82, 2.24) is 9.80 Å². The standard InChI is InChI=1S/C50H56N4O7S/c1-5-61-45(56)29-28-44(55)53(3)30-31-54(34(2)38-13-7-6-8-14-38)33-37-12-11-15-40(32-37)47(57)52-49-46(42-16-9-10-17-43(42)62-49)48(58)51-41-26-22-36(23-27-41)19-18-35-20-24-39(25-21-35)50(59)60-4/h6-8,11-15,20-27,32,34H,5,9-10,16-19,28-31,33H2,1-4H3,(H,51,58)(H,52,57)/t34-/m1/s1. The summed E-state index contributed by atoms with van der Waals surface area (Å²) in [6.07, 6.45) is 5.39. The number of methoxy groups -OCH3 is 1. The second-order valence-electron chi connectivity index (χ2n) is 15.6. The molecule has 5 aromatic rings. The lowest BCUT2D eigenvalue weighted by molar-refractivity contribution is -0.145. The van der Waals surface area contributed by atoms with Gasteiger partial charge >= 0.3 is 11.9 Å². The van der Waals surface area contributed by atoms with E-state index in [-0.39, 0.29) is 55.2 Å². The number of esters is 2. The number of ether oxygens (including phenoxy) is 2. The second-order valence-corrected chi connectivity index (χ2v) is 16.7. The third kappa shape index (κ3) is 12.3. The number of nitrogens with zero attached hydrogens (tertiary/aromatic N) is 2. The molecule has 6 rings (SSSR count). The maximum Gasteiger partial charge on any atom is 0.337 e. The van der Waals surface area contributed by atoms with Gasteiger partial charge in [-0.2, -0.15) is 0 Å². The molecular formula is C50H56N4O7S. The minimum Gasteiger partial charge on any atom is -0.466 e. The Balaban J connectivity index is 1.12. The number of likely N-dealkylation sites (N-methyl/N-ethyl adjacent to an activating group) is 1. The summed E-state index contributed by atoms with van der Waals surface area (Å²) < 4.78 is 9.78. The summed E-state index contributed by atoms with van der Waals surface area (Å²) in [6, 6.07) is 32.9. The number of rotatable bonds is 19. The van der Waals surface area contributed by atoms with Gasteiger partial charge in [0, 0.05) is 55.3 Å². The summed E-state index contributed by atoms with van der Waals surface area (Å²) in [7, 11) is 3.12. The summed E-state index contributed by atoms with van der Waals surface area (Å²) >= 11 is 1.49. The maximum atomic E-state index is 14.0. The molecule has 3 amide bonds. The molecule has 0 radical (unpaired) electrons. The van der Waals surface area contributed by atoms with E-state index in [0.29, 0.717) is 47.0 Å². The third-order valence-electron chi connectivity index (χ3n) is 11.3. The van der Waals surface area contributed by atoms with E-state index in [1.165, 1.54) is 18.4 Å². The highest BCUT2D eigenvalue weighted by Crippen LogP contribution is 2.39. The van der Waals surface area contributed by atoms with Gasteiger partial charge in [0.2, 0.25) is 5.91 Å². The zero-order valence-corrected chi connectivity index (χ0v) is 36.9. The van der Waals surface area contributed by atoms with Gasteiger partial charge in [-0.25, -0.2) is 4.79 Å². The average molecular weight is 857 g/mol. The Bertz CT molecular complexity index is 2330. The SMILES string of the molecule is CCOC(=O)CCC(=O)N(C)CCN(Cc1cccc(C(=O)Nc2sc3c(c2C(=O)Nc2ccc(CCc4ccc(C(=O)OC)cc4)cc2)CCCC3)c1)[C@H](C)c1ccccc1. The summed E-state index contributed by atoms with van der Waals surface area (Å²) in [5.41, 5.74) is 7.48. The summed E-state index contributed by atoms with van der Waals surface area (Å²) in [5, 5.41) is 6.76. The van der Waals surface area contributed by atoms with Crippen LogP contribution in [0.3, 0.4) is 0 Å². The first-order chi connectivity index (χ1) is 30.0. The Hall–Kier alpha value is -6.11. The Morgan fingerprint density at radius 2 is 1.44 bits per heavy atom. The molecule has 0 bridgehead atoms. The number of hydrogen-bond donors (Lipinski definition) is 2. The zero-order chi connectivity index (χ0) is 44.0. The van der Waals surface area contributed by atoms with Crippen LogP contribution in [-0.4, -0.2) is 73.3 Å². The molecule has 11 nitrogen and oxygen atoms in total. The van der Waals surface area contributed by atoms with Gasteiger partial charge in [0.05, 0.1) is 31.3 Å². The fourth-order valence-corrected chi connectivity index (χ4v) is 8.95. The number of hydrogen-bond acceptors (Lipinski definition) is 9. The molecule has 0 saturated heterocycles. The number of anilines is 2. The van der Waals surface area contributed by atoms with Crippen LogP contribution in [0.15, 0.2) is 103 Å². The van der Waals surface area contributed by atoms with Gasteiger partial charge in [-0.1, -0.05) is 66.7 Å². The first-order valence-electron chi connectivity index (χ1n) is 21.3. The smallest absolute Gasteiger partial charge is 0.337 e. The molecule has 1 aromatic heterocycles. The molecule has 0 saturated carbocycles. The van der Waals surface area contributed by atoms with E-state index in [0.717, 1.165) is 71.2 Å². The number of carbonyl (C=O) groups is 5. The van der Waals surface area contributed by atoms with Crippen molar-refractivity contribution in [2.75, 3.05) is 44.5 Å². The predicted molar refractivity (Wildman–Crippen MR) is 244 cm³/mol. The normalized spacial score (nSPS) is 12.5. The van der Waals surface area contributed by atoms with Gasteiger partial charge in [0.1, 0.15) is 5.00 Å². The van der Waals surface area contributed by atoms with Gasteiger partial charge < -0.3 is 25.0 Å². The van der Waals surface area contributed by atoms with Crippen molar-refractivity contribution in [3.05, 3.63) is 153 Å². The molecule has 1 aliphatic rings. The Kier molecular flexibility index (Phi) is 16.2. The number of thiophene rings is 1. The second kappa shape index (κ2) is 22.1.